The molecule has 5 nitrogen and oxygen atoms in total. The van der Waals surface area contributed by atoms with E-state index in [-0.39, 0.29) is 11.3 Å². The van der Waals surface area contributed by atoms with E-state index < -0.39 is 11.4 Å². The van der Waals surface area contributed by atoms with Gasteiger partial charge in [-0.05, 0) is 30.3 Å². The zero-order valence-corrected chi connectivity index (χ0v) is 12.7. The Balaban J connectivity index is 1.84. The predicted molar refractivity (Wildman–Crippen MR) is 88.7 cm³/mol. The maximum absolute atomic E-state index is 12.6. The summed E-state index contributed by atoms with van der Waals surface area (Å²) in [5.74, 6) is 0.177. The van der Waals surface area contributed by atoms with Crippen LogP contribution in [0.3, 0.4) is 0 Å². The van der Waals surface area contributed by atoms with Crippen LogP contribution in [0.1, 0.15) is 16.1 Å². The second-order valence-corrected chi connectivity index (χ2v) is 5.33. The molecule has 0 aliphatic carbocycles. The molecule has 0 fully saturated rings. The summed E-state index contributed by atoms with van der Waals surface area (Å²) in [5, 5.41) is 1.44. The molecule has 2 aromatic carbocycles. The van der Waals surface area contributed by atoms with E-state index in [0.717, 1.165) is 5.39 Å². The smallest absolute Gasteiger partial charge is 0.347 e. The van der Waals surface area contributed by atoms with Crippen LogP contribution in [-0.4, -0.2) is 12.9 Å². The molecule has 0 spiro atoms. The first-order valence-corrected chi connectivity index (χ1v) is 7.31. The summed E-state index contributed by atoms with van der Waals surface area (Å²) in [4.78, 5) is 24.8. The van der Waals surface area contributed by atoms with Crippen LogP contribution in [0, 0.1) is 0 Å². The number of hydrogen-bond acceptors (Lipinski definition) is 5. The van der Waals surface area contributed by atoms with Gasteiger partial charge in [0.1, 0.15) is 22.5 Å². The number of ether oxygens (including phenoxy) is 1. The van der Waals surface area contributed by atoms with E-state index in [1.165, 1.54) is 13.2 Å². The highest BCUT2D eigenvalue weighted by atomic mass is 16.5. The molecular weight excluding hydrogens is 308 g/mol. The van der Waals surface area contributed by atoms with Gasteiger partial charge in [0.25, 0.3) is 0 Å². The Kier molecular flexibility index (Phi) is 3.20. The van der Waals surface area contributed by atoms with Gasteiger partial charge in [-0.25, -0.2) is 4.79 Å². The number of hydrogen-bond donors (Lipinski definition) is 0. The third-order valence-electron chi connectivity index (χ3n) is 3.84. The summed E-state index contributed by atoms with van der Waals surface area (Å²) in [6.07, 6.45) is 0. The molecule has 5 heteroatoms. The molecule has 24 heavy (non-hydrogen) atoms. The molecule has 2 aromatic heterocycles. The van der Waals surface area contributed by atoms with E-state index in [2.05, 4.69) is 0 Å². The third kappa shape index (κ3) is 2.27. The summed E-state index contributed by atoms with van der Waals surface area (Å²) >= 11 is 0. The van der Waals surface area contributed by atoms with Crippen molar-refractivity contribution in [1.29, 1.82) is 0 Å². The van der Waals surface area contributed by atoms with E-state index in [0.29, 0.717) is 22.3 Å². The Morgan fingerprint density at radius 2 is 1.71 bits per heavy atom. The van der Waals surface area contributed by atoms with E-state index in [4.69, 9.17) is 13.6 Å². The molecule has 4 rings (SSSR count). The fourth-order valence-corrected chi connectivity index (χ4v) is 2.60. The van der Waals surface area contributed by atoms with Crippen LogP contribution in [0.15, 0.2) is 68.2 Å². The van der Waals surface area contributed by atoms with Crippen LogP contribution in [0.2, 0.25) is 0 Å². The lowest BCUT2D eigenvalue weighted by atomic mass is 10.1. The van der Waals surface area contributed by atoms with Crippen LogP contribution in [-0.2, 0) is 0 Å². The lowest BCUT2D eigenvalue weighted by Crippen LogP contribution is -2.14. The van der Waals surface area contributed by atoms with Gasteiger partial charge in [-0.15, -0.1) is 0 Å². The molecule has 4 aromatic rings. The summed E-state index contributed by atoms with van der Waals surface area (Å²) in [5.41, 5.74) is 0.184. The van der Waals surface area contributed by atoms with Crippen molar-refractivity contribution in [3.63, 3.8) is 0 Å². The van der Waals surface area contributed by atoms with Gasteiger partial charge < -0.3 is 13.6 Å². The Bertz CT molecular complexity index is 1100. The second-order valence-electron chi connectivity index (χ2n) is 5.33. The second kappa shape index (κ2) is 5.38. The number of furan rings is 1. The minimum Gasteiger partial charge on any atom is -0.497 e. The van der Waals surface area contributed by atoms with Crippen molar-refractivity contribution in [3.8, 4) is 5.75 Å². The highest BCUT2D eigenvalue weighted by molar-refractivity contribution is 6.09. The van der Waals surface area contributed by atoms with Crippen molar-refractivity contribution in [3.05, 3.63) is 76.3 Å². The van der Waals surface area contributed by atoms with Gasteiger partial charge in [0, 0.05) is 16.8 Å². The largest absolute Gasteiger partial charge is 0.497 e. The molecule has 0 amide bonds. The van der Waals surface area contributed by atoms with Crippen LogP contribution >= 0.6 is 0 Å². The highest BCUT2D eigenvalue weighted by Crippen LogP contribution is 2.23. The Labute approximate surface area is 136 Å². The normalized spacial score (nSPS) is 11.0. The minimum atomic E-state index is -0.707. The Hall–Kier alpha value is -3.34. The summed E-state index contributed by atoms with van der Waals surface area (Å²) in [7, 11) is 1.53. The van der Waals surface area contributed by atoms with E-state index in [1.54, 1.807) is 30.3 Å². The lowest BCUT2D eigenvalue weighted by molar-refractivity contribution is 0.101. The molecule has 2 heterocycles. The monoisotopic (exact) mass is 320 g/mol. The Morgan fingerprint density at radius 1 is 0.917 bits per heavy atom. The molecule has 0 radical (unpaired) electrons. The van der Waals surface area contributed by atoms with E-state index >= 15 is 0 Å². The van der Waals surface area contributed by atoms with Crippen LogP contribution in [0.5, 0.6) is 5.75 Å². The number of rotatable bonds is 3. The number of fused-ring (bicyclic) bond motifs is 2. The fourth-order valence-electron chi connectivity index (χ4n) is 2.60. The summed E-state index contributed by atoms with van der Waals surface area (Å²) < 4.78 is 15.9. The van der Waals surface area contributed by atoms with Crippen LogP contribution in [0.4, 0.5) is 0 Å². The first kappa shape index (κ1) is 14.3. The topological polar surface area (TPSA) is 69.7 Å². The molecule has 0 N–H and O–H groups in total. The van der Waals surface area contributed by atoms with Gasteiger partial charge in [0.15, 0.2) is 5.76 Å². The van der Waals surface area contributed by atoms with Gasteiger partial charge in [-0.1, -0.05) is 18.2 Å². The average molecular weight is 320 g/mol. The van der Waals surface area contributed by atoms with Crippen molar-refractivity contribution in [2.24, 2.45) is 0 Å². The van der Waals surface area contributed by atoms with Gasteiger partial charge in [0.2, 0.25) is 5.78 Å². The van der Waals surface area contributed by atoms with Crippen molar-refractivity contribution in [2.75, 3.05) is 7.11 Å². The number of carbonyl (C=O) groups excluding carboxylic acids is 1. The van der Waals surface area contributed by atoms with Crippen molar-refractivity contribution in [2.45, 2.75) is 0 Å². The van der Waals surface area contributed by atoms with Crippen LogP contribution in [0.25, 0.3) is 21.9 Å². The minimum absolute atomic E-state index is 0.0632. The molecule has 0 aliphatic rings. The lowest BCUT2D eigenvalue weighted by Gasteiger charge is -2.03. The number of ketones is 1. The number of carbonyl (C=O) groups is 1. The van der Waals surface area contributed by atoms with Gasteiger partial charge >= 0.3 is 5.63 Å². The van der Waals surface area contributed by atoms with Gasteiger partial charge in [0.05, 0.1) is 7.11 Å². The molecular formula is C19H12O5. The van der Waals surface area contributed by atoms with Crippen molar-refractivity contribution in [1.82, 2.24) is 0 Å². The van der Waals surface area contributed by atoms with Gasteiger partial charge in [-0.3, -0.25) is 4.79 Å². The molecule has 0 unspecified atom stereocenters. The summed E-state index contributed by atoms with van der Waals surface area (Å²) in [6.45, 7) is 0. The van der Waals surface area contributed by atoms with Crippen molar-refractivity contribution < 1.29 is 18.4 Å². The zero-order chi connectivity index (χ0) is 16.7. The van der Waals surface area contributed by atoms with Crippen LogP contribution < -0.4 is 10.4 Å². The number of benzene rings is 2. The molecule has 0 saturated heterocycles. The van der Waals surface area contributed by atoms with Crippen molar-refractivity contribution >= 4 is 27.7 Å². The fraction of sp³-hybridized carbons (Fsp3) is 0.0526. The standard InChI is InChI=1S/C19H12O5/c1-22-13-7-6-12-8-14(19(21)24-16(12)10-13)18(20)17-9-11-4-2-3-5-15(11)23-17/h2-10H,1H3. The predicted octanol–water partition coefficient (Wildman–Crippen LogP) is 3.78. The maximum Gasteiger partial charge on any atom is 0.347 e. The molecule has 118 valence electrons. The summed E-state index contributed by atoms with van der Waals surface area (Å²) in [6, 6.07) is 15.5. The zero-order valence-electron chi connectivity index (χ0n) is 12.7. The van der Waals surface area contributed by atoms with Gasteiger partial charge in [-0.2, -0.15) is 0 Å². The van der Waals surface area contributed by atoms with E-state index in [9.17, 15) is 9.59 Å². The third-order valence-corrected chi connectivity index (χ3v) is 3.84. The maximum atomic E-state index is 12.6. The number of methoxy groups -OCH3 is 1. The highest BCUT2D eigenvalue weighted by Gasteiger charge is 2.19. The molecule has 0 saturated carbocycles. The quantitative estimate of drug-likeness (QED) is 0.424. The SMILES string of the molecule is COc1ccc2cc(C(=O)c3cc4ccccc4o3)c(=O)oc2c1. The number of para-hydroxylation sites is 1. The molecule has 0 bridgehead atoms. The first-order valence-electron chi connectivity index (χ1n) is 7.31. The van der Waals surface area contributed by atoms with E-state index in [1.807, 2.05) is 18.2 Å². The Morgan fingerprint density at radius 3 is 2.50 bits per heavy atom. The molecule has 0 aliphatic heterocycles. The molecule has 0 atom stereocenters. The average Bonchev–Trinajstić information content (AvgIpc) is 3.04. The first-order chi connectivity index (χ1) is 11.7.